The van der Waals surface area contributed by atoms with Crippen LogP contribution in [0.3, 0.4) is 0 Å². The number of hydrogen-bond donors (Lipinski definition) is 0. The average molecular weight is 728 g/mol. The molecule has 0 N–H and O–H groups in total. The first-order valence-electron chi connectivity index (χ1n) is 19.2. The second-order valence-corrected chi connectivity index (χ2v) is 14.4. The number of nitrogens with zero attached hydrogens (tertiary/aromatic N) is 3. The SMILES string of the molecule is c1ccc(-c2cc(-c3ccccc3)nc(-c3ccc(-c4ccc(-c5ccc6oc7ccc8c(-c9ccccc9)nc9ccccc9c8c7c6c5)cc4)cc3)n2)cc1. The molecule has 0 saturated heterocycles. The summed E-state index contributed by atoms with van der Waals surface area (Å²) in [6, 6.07) is 69.6. The molecule has 4 nitrogen and oxygen atoms in total. The molecule has 0 aliphatic heterocycles. The highest BCUT2D eigenvalue weighted by Gasteiger charge is 2.18. The standard InChI is InChI=1S/C53H33N3O/c1-4-12-37(13-5-1)46-33-47(38-14-6-2-7-15-38)56-53(55-46)40-26-24-35(25-27-40)34-20-22-36(23-21-34)41-28-30-48-44(32-41)51-49(57-48)31-29-43-50(51)42-18-10-11-19-45(42)54-52(43)39-16-8-3-9-17-39/h1-33H. The van der Waals surface area contributed by atoms with E-state index in [2.05, 4.69) is 158 Å². The zero-order valence-electron chi connectivity index (χ0n) is 30.8. The summed E-state index contributed by atoms with van der Waals surface area (Å²) in [5, 5.41) is 5.61. The van der Waals surface area contributed by atoms with Gasteiger partial charge in [-0.25, -0.2) is 15.0 Å². The Morgan fingerprint density at radius 3 is 1.44 bits per heavy atom. The van der Waals surface area contributed by atoms with Gasteiger partial charge in [0.2, 0.25) is 0 Å². The van der Waals surface area contributed by atoms with E-state index < -0.39 is 0 Å². The molecule has 266 valence electrons. The van der Waals surface area contributed by atoms with Crippen molar-refractivity contribution in [2.24, 2.45) is 0 Å². The van der Waals surface area contributed by atoms with Gasteiger partial charge in [-0.1, -0.05) is 164 Å². The summed E-state index contributed by atoms with van der Waals surface area (Å²) in [4.78, 5) is 15.2. The first-order valence-corrected chi connectivity index (χ1v) is 19.2. The van der Waals surface area contributed by atoms with Gasteiger partial charge >= 0.3 is 0 Å². The summed E-state index contributed by atoms with van der Waals surface area (Å²) in [5.41, 5.74) is 14.2. The average Bonchev–Trinajstić information content (AvgIpc) is 3.68. The third-order valence-corrected chi connectivity index (χ3v) is 10.9. The highest BCUT2D eigenvalue weighted by molar-refractivity contribution is 6.28. The molecule has 0 spiro atoms. The lowest BCUT2D eigenvalue weighted by atomic mass is 9.95. The fraction of sp³-hybridized carbons (Fsp3) is 0. The molecule has 0 radical (unpaired) electrons. The van der Waals surface area contributed by atoms with Crippen molar-refractivity contribution in [2.75, 3.05) is 0 Å². The maximum atomic E-state index is 6.49. The Morgan fingerprint density at radius 2 is 0.807 bits per heavy atom. The predicted molar refractivity (Wildman–Crippen MR) is 235 cm³/mol. The molecule has 0 saturated carbocycles. The van der Waals surface area contributed by atoms with Crippen LogP contribution in [0, 0.1) is 0 Å². The number of hydrogen-bond acceptors (Lipinski definition) is 4. The molecular formula is C53H33N3O. The van der Waals surface area contributed by atoms with Crippen LogP contribution in [0.5, 0.6) is 0 Å². The molecule has 0 unspecified atom stereocenters. The zero-order chi connectivity index (χ0) is 37.7. The molecule has 0 fully saturated rings. The molecule has 0 amide bonds. The van der Waals surface area contributed by atoms with Gasteiger partial charge < -0.3 is 4.42 Å². The van der Waals surface area contributed by atoms with Gasteiger partial charge in [-0.15, -0.1) is 0 Å². The maximum Gasteiger partial charge on any atom is 0.160 e. The molecular weight excluding hydrogens is 695 g/mol. The molecule has 57 heavy (non-hydrogen) atoms. The first-order chi connectivity index (χ1) is 28.2. The van der Waals surface area contributed by atoms with E-state index in [1.807, 2.05) is 42.5 Å². The quantitative estimate of drug-likeness (QED) is 0.160. The largest absolute Gasteiger partial charge is 0.456 e. The van der Waals surface area contributed by atoms with Crippen molar-refractivity contribution >= 4 is 43.6 Å². The summed E-state index contributed by atoms with van der Waals surface area (Å²) >= 11 is 0. The van der Waals surface area contributed by atoms with Crippen molar-refractivity contribution in [3.8, 4) is 67.4 Å². The van der Waals surface area contributed by atoms with E-state index in [1.165, 1.54) is 5.39 Å². The maximum absolute atomic E-state index is 6.49. The second-order valence-electron chi connectivity index (χ2n) is 14.4. The van der Waals surface area contributed by atoms with Crippen molar-refractivity contribution in [2.45, 2.75) is 0 Å². The number of furan rings is 1. The van der Waals surface area contributed by atoms with Crippen LogP contribution in [-0.2, 0) is 0 Å². The van der Waals surface area contributed by atoms with Crippen LogP contribution in [0.1, 0.15) is 0 Å². The molecule has 11 rings (SSSR count). The third-order valence-electron chi connectivity index (χ3n) is 10.9. The summed E-state index contributed by atoms with van der Waals surface area (Å²) in [6.07, 6.45) is 0. The van der Waals surface area contributed by atoms with E-state index in [0.717, 1.165) is 99.8 Å². The Bertz CT molecular complexity index is 3190. The van der Waals surface area contributed by atoms with Crippen LogP contribution in [0.2, 0.25) is 0 Å². The van der Waals surface area contributed by atoms with Crippen molar-refractivity contribution < 1.29 is 4.42 Å². The van der Waals surface area contributed by atoms with Crippen LogP contribution < -0.4 is 0 Å². The molecule has 8 aromatic carbocycles. The van der Waals surface area contributed by atoms with Crippen molar-refractivity contribution in [1.82, 2.24) is 15.0 Å². The summed E-state index contributed by atoms with van der Waals surface area (Å²) in [6.45, 7) is 0. The lowest BCUT2D eigenvalue weighted by Crippen LogP contribution is -1.95. The minimum absolute atomic E-state index is 0.701. The highest BCUT2D eigenvalue weighted by atomic mass is 16.3. The number of rotatable bonds is 6. The second kappa shape index (κ2) is 13.6. The molecule has 11 aromatic rings. The Morgan fingerprint density at radius 1 is 0.298 bits per heavy atom. The number of para-hydroxylation sites is 1. The van der Waals surface area contributed by atoms with E-state index in [0.29, 0.717) is 5.82 Å². The normalized spacial score (nSPS) is 11.5. The van der Waals surface area contributed by atoms with Crippen LogP contribution in [-0.4, -0.2) is 15.0 Å². The van der Waals surface area contributed by atoms with Crippen molar-refractivity contribution in [3.05, 3.63) is 200 Å². The molecule has 3 aromatic heterocycles. The van der Waals surface area contributed by atoms with E-state index >= 15 is 0 Å². The Kier molecular flexibility index (Phi) is 7.78. The Hall–Kier alpha value is -7.69. The molecule has 4 heteroatoms. The molecule has 0 aliphatic carbocycles. The fourth-order valence-electron chi connectivity index (χ4n) is 8.06. The van der Waals surface area contributed by atoms with Crippen molar-refractivity contribution in [3.63, 3.8) is 0 Å². The van der Waals surface area contributed by atoms with Gasteiger partial charge in [-0.05, 0) is 58.7 Å². The minimum Gasteiger partial charge on any atom is -0.456 e. The Balaban J connectivity index is 0.953. The molecule has 0 atom stereocenters. The van der Waals surface area contributed by atoms with Gasteiger partial charge in [0, 0.05) is 49.2 Å². The third kappa shape index (κ3) is 5.83. The smallest absolute Gasteiger partial charge is 0.160 e. The van der Waals surface area contributed by atoms with Gasteiger partial charge in [0.1, 0.15) is 11.2 Å². The van der Waals surface area contributed by atoms with Crippen molar-refractivity contribution in [1.29, 1.82) is 0 Å². The van der Waals surface area contributed by atoms with Gasteiger partial charge in [0.05, 0.1) is 22.6 Å². The van der Waals surface area contributed by atoms with E-state index in [-0.39, 0.29) is 0 Å². The monoisotopic (exact) mass is 727 g/mol. The number of aromatic nitrogens is 3. The van der Waals surface area contributed by atoms with Crippen LogP contribution >= 0.6 is 0 Å². The molecule has 3 heterocycles. The van der Waals surface area contributed by atoms with E-state index in [4.69, 9.17) is 19.4 Å². The predicted octanol–water partition coefficient (Wildman–Crippen LogP) is 14.1. The van der Waals surface area contributed by atoms with Gasteiger partial charge in [0.15, 0.2) is 5.82 Å². The van der Waals surface area contributed by atoms with Crippen LogP contribution in [0.4, 0.5) is 0 Å². The lowest BCUT2D eigenvalue weighted by molar-refractivity contribution is 0.669. The molecule has 0 aliphatic rings. The Labute approximate surface area is 329 Å². The fourth-order valence-corrected chi connectivity index (χ4v) is 8.06. The highest BCUT2D eigenvalue weighted by Crippen LogP contribution is 2.42. The summed E-state index contributed by atoms with van der Waals surface area (Å²) in [7, 11) is 0. The number of benzene rings is 8. The van der Waals surface area contributed by atoms with Gasteiger partial charge in [-0.3, -0.25) is 0 Å². The topological polar surface area (TPSA) is 51.8 Å². The van der Waals surface area contributed by atoms with Gasteiger partial charge in [0.25, 0.3) is 0 Å². The first kappa shape index (κ1) is 32.7. The minimum atomic E-state index is 0.701. The van der Waals surface area contributed by atoms with Crippen LogP contribution in [0.25, 0.3) is 111 Å². The summed E-state index contributed by atoms with van der Waals surface area (Å²) < 4.78 is 6.49. The van der Waals surface area contributed by atoms with Gasteiger partial charge in [-0.2, -0.15) is 0 Å². The lowest BCUT2D eigenvalue weighted by Gasteiger charge is -2.11. The number of pyridine rings is 1. The van der Waals surface area contributed by atoms with E-state index in [9.17, 15) is 0 Å². The van der Waals surface area contributed by atoms with E-state index in [1.54, 1.807) is 0 Å². The zero-order valence-corrected chi connectivity index (χ0v) is 30.8. The van der Waals surface area contributed by atoms with Crippen LogP contribution in [0.15, 0.2) is 205 Å². The number of fused-ring (bicyclic) bond motifs is 7. The molecule has 0 bridgehead atoms. The summed E-state index contributed by atoms with van der Waals surface area (Å²) in [5.74, 6) is 0.701.